The van der Waals surface area contributed by atoms with Gasteiger partial charge in [0.05, 0.1) is 11.7 Å². The van der Waals surface area contributed by atoms with Gasteiger partial charge >= 0.3 is 0 Å². The molecule has 1 saturated heterocycles. The van der Waals surface area contributed by atoms with Crippen LogP contribution >= 0.6 is 0 Å². The van der Waals surface area contributed by atoms with Crippen LogP contribution in [0.25, 0.3) is 0 Å². The lowest BCUT2D eigenvalue weighted by Crippen LogP contribution is -2.29. The van der Waals surface area contributed by atoms with E-state index < -0.39 is 0 Å². The van der Waals surface area contributed by atoms with Crippen LogP contribution in [0.1, 0.15) is 51.9 Å². The lowest BCUT2D eigenvalue weighted by molar-refractivity contribution is 0.177. The van der Waals surface area contributed by atoms with E-state index in [9.17, 15) is 0 Å². The third kappa shape index (κ3) is 2.86. The largest absolute Gasteiger partial charge is 0.266 e. The minimum Gasteiger partial charge on any atom is -0.266 e. The van der Waals surface area contributed by atoms with E-state index in [4.69, 9.17) is 5.10 Å². The minimum absolute atomic E-state index is 0.283. The second-order valence-electron chi connectivity index (χ2n) is 8.61. The predicted molar refractivity (Wildman–Crippen MR) is 99.8 cm³/mol. The van der Waals surface area contributed by atoms with Crippen LogP contribution in [0, 0.1) is 17.8 Å². The van der Waals surface area contributed by atoms with Gasteiger partial charge in [-0.1, -0.05) is 70.7 Å². The van der Waals surface area contributed by atoms with E-state index in [0.29, 0.717) is 17.5 Å². The first-order chi connectivity index (χ1) is 10.7. The van der Waals surface area contributed by atoms with Crippen molar-refractivity contribution in [2.75, 3.05) is 0 Å². The molecule has 1 atom stereocenters. The van der Waals surface area contributed by atoms with Gasteiger partial charge in [-0.2, -0.15) is 5.10 Å². The maximum absolute atomic E-state index is 4.84. The maximum Gasteiger partial charge on any atom is 0.181 e. The summed E-state index contributed by atoms with van der Waals surface area (Å²) in [4.78, 5) is 0. The minimum atomic E-state index is 0.283. The highest BCUT2D eigenvalue weighted by atomic mass is 15.3. The number of hydrogen-bond acceptors (Lipinski definition) is 1. The molecular weight excluding hydrogens is 279 g/mol. The van der Waals surface area contributed by atoms with Crippen LogP contribution in [-0.2, 0) is 0 Å². The van der Waals surface area contributed by atoms with Crippen molar-refractivity contribution in [1.82, 2.24) is 9.78 Å². The average Bonchev–Trinajstić information content (AvgIpc) is 2.97. The molecule has 0 spiro atoms. The monoisotopic (exact) mass is 308 g/mol. The summed E-state index contributed by atoms with van der Waals surface area (Å²) in [7, 11) is 0. The zero-order valence-electron chi connectivity index (χ0n) is 15.4. The Hall–Kier alpha value is -1.51. The molecule has 1 aromatic carbocycles. The number of hydrogen-bond donors (Lipinski definition) is 0. The summed E-state index contributed by atoms with van der Waals surface area (Å²) in [5, 5.41) is 4.84. The summed E-state index contributed by atoms with van der Waals surface area (Å²) in [6.07, 6.45) is 4.81. The number of nitrogens with zero attached hydrogens (tertiary/aromatic N) is 2. The first-order valence-corrected chi connectivity index (χ1v) is 8.82. The molecule has 1 fully saturated rings. The van der Waals surface area contributed by atoms with Gasteiger partial charge in [0.1, 0.15) is 0 Å². The molecule has 1 aromatic heterocycles. The molecule has 1 aliphatic heterocycles. The highest BCUT2D eigenvalue weighted by molar-refractivity contribution is 6.74. The molecule has 0 radical (unpaired) electrons. The summed E-state index contributed by atoms with van der Waals surface area (Å²) in [5.41, 5.74) is 4.74. The lowest BCUT2D eigenvalue weighted by atomic mass is 9.42. The molecule has 0 bridgehead atoms. The molecule has 2 aromatic rings. The Labute approximate surface area is 141 Å². The summed E-state index contributed by atoms with van der Waals surface area (Å²) >= 11 is 0. The van der Waals surface area contributed by atoms with E-state index >= 15 is 0 Å². The van der Waals surface area contributed by atoms with Crippen LogP contribution in [0.3, 0.4) is 0 Å². The predicted octanol–water partition coefficient (Wildman–Crippen LogP) is 4.57. The van der Waals surface area contributed by atoms with Crippen molar-refractivity contribution in [3.05, 3.63) is 47.8 Å². The van der Waals surface area contributed by atoms with Gasteiger partial charge in [0.15, 0.2) is 6.71 Å². The standard InChI is InChI=1S/C20H29BN2/c1-15-18(21-13-19(3,4)20(5,6)14-21)12-23(22-15)16(2)17-10-8-7-9-11-17/h7-12,16H,13-14H2,1-6H3. The smallest absolute Gasteiger partial charge is 0.181 e. The molecule has 0 aliphatic carbocycles. The molecule has 3 rings (SSSR count). The quantitative estimate of drug-likeness (QED) is 0.760. The van der Waals surface area contributed by atoms with Crippen LogP contribution in [0.15, 0.2) is 36.5 Å². The van der Waals surface area contributed by atoms with E-state index in [1.165, 1.54) is 29.4 Å². The number of aromatic nitrogens is 2. The highest BCUT2D eigenvalue weighted by Crippen LogP contribution is 2.52. The summed E-state index contributed by atoms with van der Waals surface area (Å²) in [6, 6.07) is 10.9. The second kappa shape index (κ2) is 5.54. The fraction of sp³-hybridized carbons (Fsp3) is 0.550. The van der Waals surface area contributed by atoms with E-state index in [-0.39, 0.29) is 6.04 Å². The Kier molecular flexibility index (Phi) is 3.94. The van der Waals surface area contributed by atoms with Crippen molar-refractivity contribution in [3.8, 4) is 0 Å². The third-order valence-electron chi connectivity index (χ3n) is 6.42. The van der Waals surface area contributed by atoms with Crippen molar-refractivity contribution in [2.24, 2.45) is 10.8 Å². The maximum atomic E-state index is 4.84. The Morgan fingerprint density at radius 1 is 1.04 bits per heavy atom. The molecule has 2 heterocycles. The zero-order valence-corrected chi connectivity index (χ0v) is 15.4. The molecule has 0 amide bonds. The Morgan fingerprint density at radius 3 is 2.17 bits per heavy atom. The third-order valence-corrected chi connectivity index (χ3v) is 6.42. The fourth-order valence-corrected chi connectivity index (χ4v) is 4.06. The van der Waals surface area contributed by atoms with Gasteiger partial charge in [-0.05, 0) is 35.7 Å². The van der Waals surface area contributed by atoms with Crippen LogP contribution < -0.4 is 5.46 Å². The van der Waals surface area contributed by atoms with Crippen molar-refractivity contribution in [1.29, 1.82) is 0 Å². The molecule has 122 valence electrons. The van der Waals surface area contributed by atoms with E-state index in [0.717, 1.165) is 0 Å². The van der Waals surface area contributed by atoms with Gasteiger partial charge in [-0.25, -0.2) is 0 Å². The first kappa shape index (κ1) is 16.4. The van der Waals surface area contributed by atoms with Gasteiger partial charge in [0.25, 0.3) is 0 Å². The van der Waals surface area contributed by atoms with Crippen LogP contribution in [0.2, 0.25) is 12.6 Å². The highest BCUT2D eigenvalue weighted by Gasteiger charge is 2.48. The SMILES string of the molecule is Cc1nn(C(C)c2ccccc2)cc1B1CC(C)(C)C(C)(C)C1. The van der Waals surface area contributed by atoms with Crippen molar-refractivity contribution >= 4 is 12.2 Å². The number of benzene rings is 1. The van der Waals surface area contributed by atoms with Crippen LogP contribution in [0.4, 0.5) is 0 Å². The average molecular weight is 308 g/mol. The molecule has 0 N–H and O–H groups in total. The van der Waals surface area contributed by atoms with Gasteiger partial charge in [-0.15, -0.1) is 0 Å². The fourth-order valence-electron chi connectivity index (χ4n) is 4.06. The Bertz CT molecular complexity index is 669. The second-order valence-corrected chi connectivity index (χ2v) is 8.61. The number of aryl methyl sites for hydroxylation is 1. The zero-order chi connectivity index (χ0) is 16.8. The summed E-state index contributed by atoms with van der Waals surface area (Å²) < 4.78 is 2.15. The van der Waals surface area contributed by atoms with Gasteiger partial charge < -0.3 is 0 Å². The van der Waals surface area contributed by atoms with Crippen LogP contribution in [0.5, 0.6) is 0 Å². The molecular formula is C20H29BN2. The van der Waals surface area contributed by atoms with Gasteiger partial charge in [0.2, 0.25) is 0 Å². The van der Waals surface area contributed by atoms with Gasteiger partial charge in [0, 0.05) is 6.20 Å². The van der Waals surface area contributed by atoms with E-state index in [2.05, 4.69) is 82.8 Å². The van der Waals surface area contributed by atoms with Crippen molar-refractivity contribution in [3.63, 3.8) is 0 Å². The van der Waals surface area contributed by atoms with Gasteiger partial charge in [-0.3, -0.25) is 4.68 Å². The molecule has 1 unspecified atom stereocenters. The van der Waals surface area contributed by atoms with Crippen LogP contribution in [-0.4, -0.2) is 16.5 Å². The molecule has 3 heteroatoms. The number of rotatable bonds is 3. The molecule has 0 saturated carbocycles. The van der Waals surface area contributed by atoms with Crippen molar-refractivity contribution in [2.45, 2.75) is 60.2 Å². The van der Waals surface area contributed by atoms with E-state index in [1.807, 2.05) is 0 Å². The first-order valence-electron chi connectivity index (χ1n) is 8.82. The Balaban J connectivity index is 1.88. The molecule has 23 heavy (non-hydrogen) atoms. The summed E-state index contributed by atoms with van der Waals surface area (Å²) in [5.74, 6) is 0. The van der Waals surface area contributed by atoms with E-state index in [1.54, 1.807) is 0 Å². The summed E-state index contributed by atoms with van der Waals surface area (Å²) in [6.45, 7) is 14.7. The van der Waals surface area contributed by atoms with Crippen molar-refractivity contribution < 1.29 is 0 Å². The lowest BCUT2D eigenvalue weighted by Gasteiger charge is -2.35. The molecule has 2 nitrogen and oxygen atoms in total. The normalized spacial score (nSPS) is 20.7. The Morgan fingerprint density at radius 2 is 1.61 bits per heavy atom. The topological polar surface area (TPSA) is 17.8 Å². The molecule has 1 aliphatic rings.